The first kappa shape index (κ1) is 13.3. The van der Waals surface area contributed by atoms with Gasteiger partial charge in [-0.15, -0.1) is 0 Å². The maximum Gasteiger partial charge on any atom is 0.337 e. The Morgan fingerprint density at radius 3 is 1.67 bits per heavy atom. The number of carbonyl (C=O) groups is 2. The number of esters is 2. The zero-order valence-corrected chi connectivity index (χ0v) is 10.7. The SMILES string of the molecule is COC(=O)[C@H]1O[C@@H](C(=O)OC)[C@@H]2OC(C)(C)O[C@@H]21. The van der Waals surface area contributed by atoms with Gasteiger partial charge in [-0.25, -0.2) is 9.59 Å². The topological polar surface area (TPSA) is 80.3 Å². The van der Waals surface area contributed by atoms with Crippen molar-refractivity contribution in [2.75, 3.05) is 14.2 Å². The zero-order valence-electron chi connectivity index (χ0n) is 10.7. The molecule has 0 bridgehead atoms. The van der Waals surface area contributed by atoms with Crippen LogP contribution in [0, 0.1) is 0 Å². The summed E-state index contributed by atoms with van der Waals surface area (Å²) < 4.78 is 25.7. The highest BCUT2D eigenvalue weighted by atomic mass is 16.8. The Morgan fingerprint density at radius 2 is 1.33 bits per heavy atom. The normalized spacial score (nSPS) is 37.1. The number of hydrogen-bond acceptors (Lipinski definition) is 7. The first-order chi connectivity index (χ1) is 8.39. The maximum absolute atomic E-state index is 11.6. The van der Waals surface area contributed by atoms with Gasteiger partial charge in [0.2, 0.25) is 0 Å². The van der Waals surface area contributed by atoms with Crippen molar-refractivity contribution in [2.24, 2.45) is 0 Å². The van der Waals surface area contributed by atoms with Gasteiger partial charge in [0.25, 0.3) is 0 Å². The van der Waals surface area contributed by atoms with E-state index in [0.717, 1.165) is 0 Å². The summed E-state index contributed by atoms with van der Waals surface area (Å²) in [7, 11) is 2.49. The molecule has 0 aromatic heterocycles. The smallest absolute Gasteiger partial charge is 0.337 e. The Balaban J connectivity index is 2.23. The van der Waals surface area contributed by atoms with Crippen LogP contribution in [0.15, 0.2) is 0 Å². The molecule has 2 saturated heterocycles. The van der Waals surface area contributed by atoms with E-state index in [1.165, 1.54) is 14.2 Å². The summed E-state index contributed by atoms with van der Waals surface area (Å²) in [5.74, 6) is -2.08. The minimum absolute atomic E-state index is 0.599. The third kappa shape index (κ3) is 2.09. The van der Waals surface area contributed by atoms with Gasteiger partial charge in [-0.3, -0.25) is 0 Å². The second kappa shape index (κ2) is 4.49. The van der Waals surface area contributed by atoms with Gasteiger partial charge in [0, 0.05) is 0 Å². The highest BCUT2D eigenvalue weighted by Crippen LogP contribution is 2.39. The fraction of sp³-hybridized carbons (Fsp3) is 0.818. The molecule has 0 spiro atoms. The summed E-state index contributed by atoms with van der Waals surface area (Å²) in [5, 5.41) is 0. The van der Waals surface area contributed by atoms with Crippen LogP contribution in [0.2, 0.25) is 0 Å². The third-order valence-corrected chi connectivity index (χ3v) is 2.92. The Bertz CT molecular complexity index is 332. The highest BCUT2D eigenvalue weighted by Gasteiger charge is 2.60. The van der Waals surface area contributed by atoms with Crippen LogP contribution in [0.1, 0.15) is 13.8 Å². The molecule has 7 nitrogen and oxygen atoms in total. The molecule has 0 radical (unpaired) electrons. The second-order valence-corrected chi connectivity index (χ2v) is 4.59. The third-order valence-electron chi connectivity index (χ3n) is 2.92. The summed E-state index contributed by atoms with van der Waals surface area (Å²) >= 11 is 0. The lowest BCUT2D eigenvalue weighted by atomic mass is 10.1. The van der Waals surface area contributed by atoms with E-state index in [4.69, 9.17) is 14.2 Å². The molecule has 4 atom stereocenters. The molecule has 0 N–H and O–H groups in total. The van der Waals surface area contributed by atoms with E-state index >= 15 is 0 Å². The van der Waals surface area contributed by atoms with Crippen LogP contribution in [-0.4, -0.2) is 56.4 Å². The van der Waals surface area contributed by atoms with Gasteiger partial charge in [-0.2, -0.15) is 0 Å². The number of fused-ring (bicyclic) bond motifs is 1. The van der Waals surface area contributed by atoms with Crippen LogP contribution in [0.5, 0.6) is 0 Å². The summed E-state index contributed by atoms with van der Waals surface area (Å²) in [6, 6.07) is 0. The Morgan fingerprint density at radius 1 is 0.944 bits per heavy atom. The average Bonchev–Trinajstić information content (AvgIpc) is 2.80. The quantitative estimate of drug-likeness (QED) is 0.626. The van der Waals surface area contributed by atoms with E-state index in [0.29, 0.717) is 0 Å². The lowest BCUT2D eigenvalue weighted by Crippen LogP contribution is -2.36. The molecular formula is C11H16O7. The van der Waals surface area contributed by atoms with E-state index in [-0.39, 0.29) is 0 Å². The minimum Gasteiger partial charge on any atom is -0.467 e. The van der Waals surface area contributed by atoms with Crippen molar-refractivity contribution in [1.29, 1.82) is 0 Å². The average molecular weight is 260 g/mol. The van der Waals surface area contributed by atoms with Gasteiger partial charge in [0.05, 0.1) is 14.2 Å². The number of ether oxygens (including phenoxy) is 5. The van der Waals surface area contributed by atoms with Crippen molar-refractivity contribution in [2.45, 2.75) is 44.1 Å². The molecule has 102 valence electrons. The molecule has 0 aromatic rings. The second-order valence-electron chi connectivity index (χ2n) is 4.59. The predicted octanol–water partition coefficient (Wildman–Crippen LogP) is -0.380. The zero-order chi connectivity index (χ0) is 13.5. The lowest BCUT2D eigenvalue weighted by Gasteiger charge is -2.22. The molecular weight excluding hydrogens is 244 g/mol. The minimum atomic E-state index is -0.981. The number of rotatable bonds is 2. The van der Waals surface area contributed by atoms with Crippen LogP contribution >= 0.6 is 0 Å². The monoisotopic (exact) mass is 260 g/mol. The summed E-state index contributed by atoms with van der Waals surface area (Å²) in [5.41, 5.74) is 0. The standard InChI is InChI=1S/C11H16O7/c1-11(2)17-5-6(18-11)8(10(13)15-4)16-7(5)9(12)14-3/h5-8H,1-4H3/t5-,6+,7-,8+. The molecule has 0 aliphatic carbocycles. The predicted molar refractivity (Wildman–Crippen MR) is 56.5 cm³/mol. The van der Waals surface area contributed by atoms with Gasteiger partial charge in [-0.05, 0) is 13.8 Å². The Kier molecular flexibility index (Phi) is 3.31. The van der Waals surface area contributed by atoms with Crippen molar-refractivity contribution < 1.29 is 33.3 Å². The van der Waals surface area contributed by atoms with E-state index < -0.39 is 42.1 Å². The molecule has 7 heteroatoms. The summed E-state index contributed by atoms with van der Waals surface area (Å²) in [6.45, 7) is 3.40. The van der Waals surface area contributed by atoms with Crippen LogP contribution in [-0.2, 0) is 33.3 Å². The first-order valence-corrected chi connectivity index (χ1v) is 5.56. The van der Waals surface area contributed by atoms with E-state index in [9.17, 15) is 9.59 Å². The van der Waals surface area contributed by atoms with Crippen LogP contribution in [0.25, 0.3) is 0 Å². The Hall–Kier alpha value is -1.18. The van der Waals surface area contributed by atoms with Gasteiger partial charge in [-0.1, -0.05) is 0 Å². The van der Waals surface area contributed by atoms with Gasteiger partial charge >= 0.3 is 11.9 Å². The molecule has 18 heavy (non-hydrogen) atoms. The number of hydrogen-bond donors (Lipinski definition) is 0. The van der Waals surface area contributed by atoms with Crippen LogP contribution < -0.4 is 0 Å². The molecule has 2 aliphatic heterocycles. The van der Waals surface area contributed by atoms with Crippen molar-refractivity contribution in [3.05, 3.63) is 0 Å². The fourth-order valence-electron chi connectivity index (χ4n) is 2.21. The summed E-state index contributed by atoms with van der Waals surface area (Å²) in [6.07, 6.45) is -3.30. The molecule has 0 unspecified atom stereocenters. The lowest BCUT2D eigenvalue weighted by molar-refractivity contribution is -0.200. The van der Waals surface area contributed by atoms with Gasteiger partial charge in [0.15, 0.2) is 18.0 Å². The first-order valence-electron chi connectivity index (χ1n) is 5.56. The van der Waals surface area contributed by atoms with Crippen molar-refractivity contribution in [3.63, 3.8) is 0 Å². The van der Waals surface area contributed by atoms with Crippen LogP contribution in [0.4, 0.5) is 0 Å². The number of carbonyl (C=O) groups excluding carboxylic acids is 2. The Labute approximate surface area is 104 Å². The molecule has 0 aromatic carbocycles. The van der Waals surface area contributed by atoms with Crippen molar-refractivity contribution in [3.8, 4) is 0 Å². The molecule has 2 heterocycles. The van der Waals surface area contributed by atoms with E-state index in [2.05, 4.69) is 9.47 Å². The summed E-state index contributed by atoms with van der Waals surface area (Å²) in [4.78, 5) is 23.2. The molecule has 2 fully saturated rings. The molecule has 0 amide bonds. The maximum atomic E-state index is 11.6. The van der Waals surface area contributed by atoms with Crippen molar-refractivity contribution in [1.82, 2.24) is 0 Å². The van der Waals surface area contributed by atoms with Gasteiger partial charge in [0.1, 0.15) is 12.2 Å². The van der Waals surface area contributed by atoms with Crippen molar-refractivity contribution >= 4 is 11.9 Å². The number of methoxy groups -OCH3 is 2. The molecule has 2 aliphatic rings. The molecule has 0 saturated carbocycles. The fourth-order valence-corrected chi connectivity index (χ4v) is 2.21. The van der Waals surface area contributed by atoms with E-state index in [1.54, 1.807) is 13.8 Å². The highest BCUT2D eigenvalue weighted by molar-refractivity contribution is 5.80. The largest absolute Gasteiger partial charge is 0.467 e. The van der Waals surface area contributed by atoms with Crippen LogP contribution in [0.3, 0.4) is 0 Å². The van der Waals surface area contributed by atoms with Gasteiger partial charge < -0.3 is 23.7 Å². The molecule has 2 rings (SSSR count). The van der Waals surface area contributed by atoms with E-state index in [1.807, 2.05) is 0 Å².